The number of ether oxygens (including phenoxy) is 1. The third kappa shape index (κ3) is 5.50. The summed E-state index contributed by atoms with van der Waals surface area (Å²) >= 11 is 5.53. The minimum Gasteiger partial charge on any atom is -0.379 e. The maximum absolute atomic E-state index is 5.53. The molecule has 1 aromatic rings. The van der Waals surface area contributed by atoms with Gasteiger partial charge in [0.25, 0.3) is 0 Å². The molecule has 0 unspecified atom stereocenters. The lowest BCUT2D eigenvalue weighted by Gasteiger charge is -2.16. The largest absolute Gasteiger partial charge is 0.379 e. The zero-order valence-electron chi connectivity index (χ0n) is 10.1. The first-order valence-corrected chi connectivity index (χ1v) is 6.13. The predicted molar refractivity (Wildman–Crippen MR) is 69.1 cm³/mol. The van der Waals surface area contributed by atoms with Gasteiger partial charge in [0.1, 0.15) is 0 Å². The average Bonchev–Trinajstić information content (AvgIpc) is 2.24. The summed E-state index contributed by atoms with van der Waals surface area (Å²) in [6.07, 6.45) is 0. The van der Waals surface area contributed by atoms with Gasteiger partial charge in [-0.2, -0.15) is 0 Å². The van der Waals surface area contributed by atoms with Crippen molar-refractivity contribution in [1.82, 2.24) is 4.90 Å². The van der Waals surface area contributed by atoms with E-state index in [0.717, 1.165) is 19.7 Å². The van der Waals surface area contributed by atoms with Gasteiger partial charge in [0.15, 0.2) is 0 Å². The van der Waals surface area contributed by atoms with Crippen LogP contribution in [0.4, 0.5) is 0 Å². The van der Waals surface area contributed by atoms with Gasteiger partial charge in [-0.25, -0.2) is 0 Å². The molecule has 0 fully saturated rings. The summed E-state index contributed by atoms with van der Waals surface area (Å²) in [5, 5.41) is 0. The molecule has 0 N–H and O–H groups in total. The fourth-order valence-corrected chi connectivity index (χ4v) is 1.69. The lowest BCUT2D eigenvalue weighted by Crippen LogP contribution is -2.23. The molecule has 1 rings (SSSR count). The van der Waals surface area contributed by atoms with E-state index in [2.05, 4.69) is 43.1 Å². The molecule has 2 nitrogen and oxygen atoms in total. The highest BCUT2D eigenvalue weighted by atomic mass is 35.5. The molecule has 0 radical (unpaired) electrons. The van der Waals surface area contributed by atoms with Gasteiger partial charge in [0, 0.05) is 19.0 Å². The Morgan fingerprint density at radius 2 is 2.12 bits per heavy atom. The molecule has 16 heavy (non-hydrogen) atoms. The summed E-state index contributed by atoms with van der Waals surface area (Å²) in [6.45, 7) is 5.40. The molecule has 0 spiro atoms. The molecule has 0 heterocycles. The quantitative estimate of drug-likeness (QED) is 0.538. The molecule has 0 saturated carbocycles. The van der Waals surface area contributed by atoms with Crippen LogP contribution in [0.1, 0.15) is 11.1 Å². The van der Waals surface area contributed by atoms with E-state index in [0.29, 0.717) is 12.5 Å². The molecule has 0 aliphatic rings. The van der Waals surface area contributed by atoms with Crippen molar-refractivity contribution in [2.24, 2.45) is 0 Å². The minimum absolute atomic E-state index is 0.571. The van der Waals surface area contributed by atoms with Gasteiger partial charge < -0.3 is 4.74 Å². The fourth-order valence-electron chi connectivity index (χ4n) is 1.58. The molecule has 0 amide bonds. The van der Waals surface area contributed by atoms with Crippen LogP contribution in [0, 0.1) is 6.92 Å². The first-order chi connectivity index (χ1) is 7.72. The van der Waals surface area contributed by atoms with E-state index in [1.807, 2.05) is 0 Å². The Morgan fingerprint density at radius 1 is 1.31 bits per heavy atom. The molecule has 1 aromatic carbocycles. The first kappa shape index (κ1) is 13.5. The van der Waals surface area contributed by atoms with Crippen molar-refractivity contribution in [2.75, 3.05) is 32.7 Å². The van der Waals surface area contributed by atoms with Crippen LogP contribution in [-0.4, -0.2) is 37.6 Å². The summed E-state index contributed by atoms with van der Waals surface area (Å²) in [6, 6.07) is 8.59. The predicted octanol–water partition coefficient (Wildman–Crippen LogP) is 2.68. The maximum atomic E-state index is 5.53. The molecule has 0 saturated heterocycles. The number of aryl methyl sites for hydroxylation is 1. The van der Waals surface area contributed by atoms with Crippen molar-refractivity contribution in [3.8, 4) is 0 Å². The van der Waals surface area contributed by atoms with Crippen LogP contribution in [0.25, 0.3) is 0 Å². The topological polar surface area (TPSA) is 12.5 Å². The molecule has 0 bridgehead atoms. The van der Waals surface area contributed by atoms with Crippen molar-refractivity contribution in [1.29, 1.82) is 0 Å². The van der Waals surface area contributed by atoms with Gasteiger partial charge >= 0.3 is 0 Å². The summed E-state index contributed by atoms with van der Waals surface area (Å²) in [4.78, 5) is 2.25. The Bertz CT molecular complexity index is 304. The molecular weight excluding hydrogens is 222 g/mol. The standard InChI is InChI=1S/C13H20ClNO/c1-12-4-3-5-13(10-12)11-15(2)7-9-16-8-6-14/h3-5,10H,6-9,11H2,1-2H3. The van der Waals surface area contributed by atoms with Crippen LogP contribution in [0.5, 0.6) is 0 Å². The second kappa shape index (κ2) is 7.66. The van der Waals surface area contributed by atoms with Gasteiger partial charge in [-0.15, -0.1) is 11.6 Å². The number of rotatable bonds is 7. The van der Waals surface area contributed by atoms with E-state index in [9.17, 15) is 0 Å². The van der Waals surface area contributed by atoms with E-state index < -0.39 is 0 Å². The molecule has 3 heteroatoms. The van der Waals surface area contributed by atoms with E-state index in [4.69, 9.17) is 16.3 Å². The lowest BCUT2D eigenvalue weighted by molar-refractivity contribution is 0.122. The Balaban J connectivity index is 2.25. The maximum Gasteiger partial charge on any atom is 0.0602 e. The van der Waals surface area contributed by atoms with E-state index >= 15 is 0 Å². The lowest BCUT2D eigenvalue weighted by atomic mass is 10.1. The fraction of sp³-hybridized carbons (Fsp3) is 0.538. The van der Waals surface area contributed by atoms with Crippen molar-refractivity contribution < 1.29 is 4.74 Å². The number of benzene rings is 1. The van der Waals surface area contributed by atoms with Crippen LogP contribution in [0.15, 0.2) is 24.3 Å². The van der Waals surface area contributed by atoms with Crippen molar-refractivity contribution in [3.05, 3.63) is 35.4 Å². The van der Waals surface area contributed by atoms with Crippen LogP contribution in [-0.2, 0) is 11.3 Å². The van der Waals surface area contributed by atoms with Crippen LogP contribution < -0.4 is 0 Å². The number of likely N-dealkylation sites (N-methyl/N-ethyl adjacent to an activating group) is 1. The minimum atomic E-state index is 0.571. The van der Waals surface area contributed by atoms with Gasteiger partial charge in [-0.3, -0.25) is 4.90 Å². The van der Waals surface area contributed by atoms with E-state index in [1.54, 1.807) is 0 Å². The monoisotopic (exact) mass is 241 g/mol. The number of hydrogen-bond acceptors (Lipinski definition) is 2. The third-order valence-corrected chi connectivity index (χ3v) is 2.53. The van der Waals surface area contributed by atoms with Crippen molar-refractivity contribution in [3.63, 3.8) is 0 Å². The first-order valence-electron chi connectivity index (χ1n) is 5.60. The summed E-state index contributed by atoms with van der Waals surface area (Å²) < 4.78 is 5.34. The second-order valence-corrected chi connectivity index (χ2v) is 4.41. The van der Waals surface area contributed by atoms with Gasteiger partial charge in [0.2, 0.25) is 0 Å². The molecule has 0 aliphatic heterocycles. The average molecular weight is 242 g/mol. The Hall–Kier alpha value is -0.570. The SMILES string of the molecule is Cc1cccc(CN(C)CCOCCCl)c1. The van der Waals surface area contributed by atoms with Gasteiger partial charge in [-0.05, 0) is 19.5 Å². The smallest absolute Gasteiger partial charge is 0.0602 e. The Labute approximate surface area is 103 Å². The zero-order valence-corrected chi connectivity index (χ0v) is 10.8. The van der Waals surface area contributed by atoms with Crippen LogP contribution in [0.2, 0.25) is 0 Å². The summed E-state index contributed by atoms with van der Waals surface area (Å²) in [7, 11) is 2.10. The van der Waals surface area contributed by atoms with Crippen molar-refractivity contribution in [2.45, 2.75) is 13.5 Å². The number of halogens is 1. The zero-order chi connectivity index (χ0) is 11.8. The van der Waals surface area contributed by atoms with Crippen molar-refractivity contribution >= 4 is 11.6 Å². The molecular formula is C13H20ClNO. The second-order valence-electron chi connectivity index (χ2n) is 4.03. The van der Waals surface area contributed by atoms with E-state index in [1.165, 1.54) is 11.1 Å². The molecule has 90 valence electrons. The molecule has 0 atom stereocenters. The van der Waals surface area contributed by atoms with Crippen LogP contribution in [0.3, 0.4) is 0 Å². The number of alkyl halides is 1. The highest BCUT2D eigenvalue weighted by Gasteiger charge is 2.00. The van der Waals surface area contributed by atoms with Gasteiger partial charge in [0.05, 0.1) is 13.2 Å². The van der Waals surface area contributed by atoms with E-state index in [-0.39, 0.29) is 0 Å². The Kier molecular flexibility index (Phi) is 6.46. The summed E-state index contributed by atoms with van der Waals surface area (Å²) in [5.41, 5.74) is 2.66. The Morgan fingerprint density at radius 3 is 2.81 bits per heavy atom. The van der Waals surface area contributed by atoms with Crippen LogP contribution >= 0.6 is 11.6 Å². The molecule has 0 aliphatic carbocycles. The number of nitrogens with zero attached hydrogens (tertiary/aromatic N) is 1. The third-order valence-electron chi connectivity index (χ3n) is 2.37. The molecule has 0 aromatic heterocycles. The summed E-state index contributed by atoms with van der Waals surface area (Å²) in [5.74, 6) is 0.571. The number of hydrogen-bond donors (Lipinski definition) is 0. The highest BCUT2D eigenvalue weighted by molar-refractivity contribution is 6.17. The normalized spacial score (nSPS) is 11.0. The van der Waals surface area contributed by atoms with Gasteiger partial charge in [-0.1, -0.05) is 29.8 Å². The highest BCUT2D eigenvalue weighted by Crippen LogP contribution is 2.06.